The molecule has 50 valence electrons. The van der Waals surface area contributed by atoms with Gasteiger partial charge in [-0.1, -0.05) is 6.07 Å². The molecule has 0 N–H and O–H groups in total. The van der Waals surface area contributed by atoms with Gasteiger partial charge in [-0.2, -0.15) is 0 Å². The van der Waals surface area contributed by atoms with Crippen LogP contribution >= 0.6 is 0 Å². The minimum Gasteiger partial charge on any atom is -0.296 e. The molecule has 10 heavy (non-hydrogen) atoms. The van der Waals surface area contributed by atoms with Gasteiger partial charge in [-0.15, -0.1) is 0 Å². The number of hydrogen-bond donors (Lipinski definition) is 0. The molecule has 0 aliphatic carbocycles. The van der Waals surface area contributed by atoms with Crippen molar-refractivity contribution < 1.29 is 0 Å². The predicted octanol–water partition coefficient (Wildman–Crippen LogP) is 1.25. The van der Waals surface area contributed by atoms with Crippen LogP contribution in [0.15, 0.2) is 29.4 Å². The topological polar surface area (TPSA) is 25.2 Å². The lowest BCUT2D eigenvalue weighted by Gasteiger charge is -2.14. The number of hydrogen-bond acceptors (Lipinski definition) is 2. The Hall–Kier alpha value is -1.18. The third kappa shape index (κ3) is 0.817. The molecule has 1 aliphatic heterocycles. The lowest BCUT2D eigenvalue weighted by molar-refractivity contribution is 0.805. The second-order valence-corrected chi connectivity index (χ2v) is 2.38. The van der Waals surface area contributed by atoms with Gasteiger partial charge >= 0.3 is 0 Å². The summed E-state index contributed by atoms with van der Waals surface area (Å²) in [6, 6.07) is 5.98. The predicted molar refractivity (Wildman–Crippen MR) is 40.3 cm³/mol. The van der Waals surface area contributed by atoms with E-state index in [1.165, 1.54) is 0 Å². The van der Waals surface area contributed by atoms with Crippen LogP contribution in [0, 0.1) is 0 Å². The number of rotatable bonds is 1. The van der Waals surface area contributed by atoms with E-state index >= 15 is 0 Å². The highest BCUT2D eigenvalue weighted by atomic mass is 14.8. The van der Waals surface area contributed by atoms with Crippen molar-refractivity contribution in [2.45, 2.75) is 5.92 Å². The molecule has 0 amide bonds. The van der Waals surface area contributed by atoms with Gasteiger partial charge < -0.3 is 0 Å². The van der Waals surface area contributed by atoms with Crippen LogP contribution < -0.4 is 0 Å². The van der Waals surface area contributed by atoms with E-state index in [0.717, 1.165) is 12.2 Å². The standard InChI is InChI=1S/C8H8N2/c1-2-4-10-8(3-1)7-5-9-6-7/h1-5,7H,6H2. The van der Waals surface area contributed by atoms with Gasteiger partial charge in [0.1, 0.15) is 0 Å². The van der Waals surface area contributed by atoms with Gasteiger partial charge in [0, 0.05) is 12.4 Å². The fourth-order valence-electron chi connectivity index (χ4n) is 0.976. The quantitative estimate of drug-likeness (QED) is 0.564. The van der Waals surface area contributed by atoms with Crippen molar-refractivity contribution in [3.05, 3.63) is 30.1 Å². The number of pyridine rings is 1. The summed E-state index contributed by atoms with van der Waals surface area (Å²) in [7, 11) is 0. The van der Waals surface area contributed by atoms with Crippen molar-refractivity contribution >= 4 is 6.21 Å². The highest BCUT2D eigenvalue weighted by molar-refractivity contribution is 5.72. The molecule has 2 rings (SSSR count). The lowest BCUT2D eigenvalue weighted by atomic mass is 10.0. The van der Waals surface area contributed by atoms with E-state index in [1.807, 2.05) is 30.6 Å². The molecule has 0 radical (unpaired) electrons. The zero-order valence-corrected chi connectivity index (χ0v) is 5.57. The van der Waals surface area contributed by atoms with Crippen molar-refractivity contribution in [1.82, 2.24) is 4.98 Å². The number of aromatic nitrogens is 1. The summed E-state index contributed by atoms with van der Waals surface area (Å²) in [4.78, 5) is 8.22. The highest BCUT2D eigenvalue weighted by Crippen LogP contribution is 2.16. The maximum Gasteiger partial charge on any atom is 0.0557 e. The van der Waals surface area contributed by atoms with Gasteiger partial charge in [-0.25, -0.2) is 0 Å². The summed E-state index contributed by atoms with van der Waals surface area (Å²) in [5.41, 5.74) is 1.14. The molecule has 1 aromatic heterocycles. The molecule has 2 heteroatoms. The first kappa shape index (κ1) is 5.59. The third-order valence-corrected chi connectivity index (χ3v) is 1.66. The molecule has 0 saturated heterocycles. The van der Waals surface area contributed by atoms with Gasteiger partial charge in [0.2, 0.25) is 0 Å². The molecule has 0 fully saturated rings. The van der Waals surface area contributed by atoms with Crippen molar-refractivity contribution in [2.75, 3.05) is 6.54 Å². The molecule has 0 spiro atoms. The van der Waals surface area contributed by atoms with Crippen LogP contribution in [0.5, 0.6) is 0 Å². The Morgan fingerprint density at radius 3 is 2.80 bits per heavy atom. The lowest BCUT2D eigenvalue weighted by Crippen LogP contribution is -2.14. The largest absolute Gasteiger partial charge is 0.296 e. The second-order valence-electron chi connectivity index (χ2n) is 2.38. The monoisotopic (exact) mass is 132 g/mol. The maximum atomic E-state index is 4.21. The van der Waals surface area contributed by atoms with Crippen LogP contribution in [0.3, 0.4) is 0 Å². The van der Waals surface area contributed by atoms with E-state index in [1.54, 1.807) is 0 Å². The molecule has 1 unspecified atom stereocenters. The summed E-state index contributed by atoms with van der Waals surface area (Å²) < 4.78 is 0. The van der Waals surface area contributed by atoms with Crippen LogP contribution in [-0.2, 0) is 0 Å². The van der Waals surface area contributed by atoms with Crippen LogP contribution in [0.2, 0.25) is 0 Å². The Morgan fingerprint density at radius 1 is 1.40 bits per heavy atom. The number of nitrogens with zero attached hydrogens (tertiary/aromatic N) is 2. The van der Waals surface area contributed by atoms with Gasteiger partial charge in [0.05, 0.1) is 18.2 Å². The van der Waals surface area contributed by atoms with E-state index in [2.05, 4.69) is 9.98 Å². The Balaban J connectivity index is 2.26. The maximum absolute atomic E-state index is 4.21. The summed E-state index contributed by atoms with van der Waals surface area (Å²) in [5.74, 6) is 0.487. The molecule has 1 aliphatic rings. The number of aliphatic imine (C=N–C) groups is 1. The minimum absolute atomic E-state index is 0.487. The van der Waals surface area contributed by atoms with Gasteiger partial charge in [0.25, 0.3) is 0 Å². The first-order valence-electron chi connectivity index (χ1n) is 3.38. The molecule has 2 nitrogen and oxygen atoms in total. The third-order valence-electron chi connectivity index (χ3n) is 1.66. The zero-order chi connectivity index (χ0) is 6.81. The summed E-state index contributed by atoms with van der Waals surface area (Å²) in [6.45, 7) is 0.914. The average molecular weight is 132 g/mol. The summed E-state index contributed by atoms with van der Waals surface area (Å²) in [6.07, 6.45) is 3.77. The fraction of sp³-hybridized carbons (Fsp3) is 0.250. The summed E-state index contributed by atoms with van der Waals surface area (Å²) in [5, 5.41) is 0. The Labute approximate surface area is 59.6 Å². The molecule has 1 atom stereocenters. The average Bonchev–Trinajstić information content (AvgIpc) is 1.86. The van der Waals surface area contributed by atoms with E-state index in [0.29, 0.717) is 5.92 Å². The smallest absolute Gasteiger partial charge is 0.0557 e. The van der Waals surface area contributed by atoms with Crippen molar-refractivity contribution in [2.24, 2.45) is 4.99 Å². The molecular formula is C8H8N2. The van der Waals surface area contributed by atoms with Gasteiger partial charge in [0.15, 0.2) is 0 Å². The SMILES string of the molecule is C1=NCC1c1ccccn1. The molecule has 0 saturated carbocycles. The first-order valence-corrected chi connectivity index (χ1v) is 3.38. The van der Waals surface area contributed by atoms with Crippen molar-refractivity contribution in [1.29, 1.82) is 0 Å². The van der Waals surface area contributed by atoms with Crippen LogP contribution in [-0.4, -0.2) is 17.7 Å². The van der Waals surface area contributed by atoms with E-state index in [4.69, 9.17) is 0 Å². The molecular weight excluding hydrogens is 124 g/mol. The molecule has 0 bridgehead atoms. The Morgan fingerprint density at radius 2 is 2.30 bits per heavy atom. The van der Waals surface area contributed by atoms with Crippen molar-refractivity contribution in [3.63, 3.8) is 0 Å². The van der Waals surface area contributed by atoms with E-state index in [-0.39, 0.29) is 0 Å². The highest BCUT2D eigenvalue weighted by Gasteiger charge is 2.14. The van der Waals surface area contributed by atoms with Gasteiger partial charge in [-0.3, -0.25) is 9.98 Å². The Kier molecular flexibility index (Phi) is 1.24. The van der Waals surface area contributed by atoms with Crippen LogP contribution in [0.4, 0.5) is 0 Å². The van der Waals surface area contributed by atoms with E-state index in [9.17, 15) is 0 Å². The zero-order valence-electron chi connectivity index (χ0n) is 5.57. The van der Waals surface area contributed by atoms with E-state index < -0.39 is 0 Å². The van der Waals surface area contributed by atoms with Gasteiger partial charge in [-0.05, 0) is 12.1 Å². The van der Waals surface area contributed by atoms with Crippen LogP contribution in [0.25, 0.3) is 0 Å². The molecule has 2 heterocycles. The first-order chi connectivity index (χ1) is 4.97. The second kappa shape index (κ2) is 2.21. The molecule has 1 aromatic rings. The van der Waals surface area contributed by atoms with Crippen LogP contribution in [0.1, 0.15) is 11.6 Å². The molecule has 0 aromatic carbocycles. The van der Waals surface area contributed by atoms with Crippen molar-refractivity contribution in [3.8, 4) is 0 Å². The normalized spacial score (nSPS) is 22.2. The minimum atomic E-state index is 0.487. The summed E-state index contributed by atoms with van der Waals surface area (Å²) >= 11 is 0. The fourth-order valence-corrected chi connectivity index (χ4v) is 0.976. The Bertz CT molecular complexity index is 241.